The number of benzene rings is 1. The molecule has 0 saturated heterocycles. The van der Waals surface area contributed by atoms with Crippen molar-refractivity contribution in [3.8, 4) is 11.6 Å². The van der Waals surface area contributed by atoms with E-state index in [1.165, 1.54) is 19.4 Å². The van der Waals surface area contributed by atoms with Gasteiger partial charge in [0.05, 0.1) is 42.5 Å². The smallest absolute Gasteiger partial charge is 0.267 e. The van der Waals surface area contributed by atoms with E-state index in [-0.39, 0.29) is 16.5 Å². The minimum atomic E-state index is -4.06. The number of amides is 1. The first kappa shape index (κ1) is 22.5. The number of nitrogens with one attached hydrogen (secondary N) is 2. The molecule has 172 valence electrons. The Labute approximate surface area is 192 Å². The van der Waals surface area contributed by atoms with E-state index in [4.69, 9.17) is 9.47 Å². The van der Waals surface area contributed by atoms with Gasteiger partial charge in [-0.25, -0.2) is 13.4 Å². The lowest BCUT2D eigenvalue weighted by molar-refractivity contribution is 0.102. The summed E-state index contributed by atoms with van der Waals surface area (Å²) in [6.07, 6.45) is 4.46. The van der Waals surface area contributed by atoms with Crippen molar-refractivity contribution in [2.45, 2.75) is 31.6 Å². The quantitative estimate of drug-likeness (QED) is 0.568. The van der Waals surface area contributed by atoms with E-state index < -0.39 is 15.9 Å². The number of carbonyl (C=O) groups excluding carboxylic acids is 1. The Hall–Kier alpha value is -3.66. The van der Waals surface area contributed by atoms with Gasteiger partial charge >= 0.3 is 0 Å². The summed E-state index contributed by atoms with van der Waals surface area (Å²) in [5.74, 6) is -0.0859. The minimum Gasteiger partial charge on any atom is -0.491 e. The molecule has 0 fully saturated rings. The molecule has 1 aliphatic heterocycles. The number of hydrogen-bond acceptors (Lipinski definition) is 7. The van der Waals surface area contributed by atoms with Gasteiger partial charge in [-0.3, -0.25) is 14.5 Å². The standard InChI is InChI=1S/C23H24N4O5S/c1-14-6-4-7-15(2)20(14)27-33(29,30)19-12-16(13-25-23(19)31-3)26-22(28)17-9-10-24-18-8-5-11-32-21(17)18/h4,6-7,9-10,12-13,27H,5,8,11H2,1-3H3,(H,26,28). The summed E-state index contributed by atoms with van der Waals surface area (Å²) >= 11 is 0. The number of pyridine rings is 2. The molecule has 2 N–H and O–H groups in total. The molecule has 3 heterocycles. The molecule has 9 nitrogen and oxygen atoms in total. The maximum atomic E-state index is 13.2. The molecule has 0 saturated carbocycles. The van der Waals surface area contributed by atoms with Gasteiger partial charge in [0.1, 0.15) is 0 Å². The summed E-state index contributed by atoms with van der Waals surface area (Å²) in [6, 6.07) is 8.36. The highest BCUT2D eigenvalue weighted by atomic mass is 32.2. The van der Waals surface area contributed by atoms with Gasteiger partial charge < -0.3 is 14.8 Å². The van der Waals surface area contributed by atoms with Crippen LogP contribution in [0.2, 0.25) is 0 Å². The zero-order chi connectivity index (χ0) is 23.6. The van der Waals surface area contributed by atoms with Crippen molar-refractivity contribution in [3.63, 3.8) is 0 Å². The van der Waals surface area contributed by atoms with E-state index in [2.05, 4.69) is 20.0 Å². The molecule has 0 bridgehead atoms. The summed E-state index contributed by atoms with van der Waals surface area (Å²) < 4.78 is 39.9. The second-order valence-electron chi connectivity index (χ2n) is 7.64. The van der Waals surface area contributed by atoms with Crippen LogP contribution in [0.25, 0.3) is 0 Å². The summed E-state index contributed by atoms with van der Waals surface area (Å²) in [7, 11) is -2.73. The van der Waals surface area contributed by atoms with E-state index >= 15 is 0 Å². The number of aryl methyl sites for hydroxylation is 3. The number of rotatable bonds is 6. The number of hydrogen-bond donors (Lipinski definition) is 2. The number of aromatic nitrogens is 2. The molecular weight excluding hydrogens is 444 g/mol. The maximum Gasteiger partial charge on any atom is 0.267 e. The molecule has 0 spiro atoms. The molecule has 0 unspecified atom stereocenters. The van der Waals surface area contributed by atoms with Gasteiger partial charge in [-0.1, -0.05) is 18.2 Å². The van der Waals surface area contributed by atoms with Crippen LogP contribution in [0.5, 0.6) is 11.6 Å². The predicted molar refractivity (Wildman–Crippen MR) is 124 cm³/mol. The molecule has 2 aromatic heterocycles. The Balaban J connectivity index is 1.65. The van der Waals surface area contributed by atoms with E-state index in [9.17, 15) is 13.2 Å². The molecule has 3 aromatic rings. The van der Waals surface area contributed by atoms with Crippen molar-refractivity contribution in [3.05, 3.63) is 65.1 Å². The second-order valence-corrected chi connectivity index (χ2v) is 9.30. The van der Waals surface area contributed by atoms with Gasteiger partial charge in [0.25, 0.3) is 15.9 Å². The number of anilines is 2. The molecule has 0 radical (unpaired) electrons. The molecule has 1 amide bonds. The van der Waals surface area contributed by atoms with E-state index in [1.54, 1.807) is 12.3 Å². The van der Waals surface area contributed by atoms with Crippen LogP contribution in [0.15, 0.2) is 47.6 Å². The highest BCUT2D eigenvalue weighted by molar-refractivity contribution is 7.92. The minimum absolute atomic E-state index is 0.0867. The summed E-state index contributed by atoms with van der Waals surface area (Å²) in [6.45, 7) is 4.14. The van der Waals surface area contributed by atoms with E-state index in [0.29, 0.717) is 23.6 Å². The highest BCUT2D eigenvalue weighted by Gasteiger charge is 2.25. The maximum absolute atomic E-state index is 13.2. The highest BCUT2D eigenvalue weighted by Crippen LogP contribution is 2.31. The number of methoxy groups -OCH3 is 1. The Morgan fingerprint density at radius 3 is 2.64 bits per heavy atom. The third-order valence-electron chi connectivity index (χ3n) is 5.30. The molecule has 1 aromatic carbocycles. The first-order valence-corrected chi connectivity index (χ1v) is 11.8. The first-order valence-electron chi connectivity index (χ1n) is 10.4. The number of sulfonamides is 1. The van der Waals surface area contributed by atoms with Crippen molar-refractivity contribution in [2.75, 3.05) is 23.8 Å². The summed E-state index contributed by atoms with van der Waals surface area (Å²) in [5.41, 5.74) is 3.28. The Bertz CT molecular complexity index is 1300. The Morgan fingerprint density at radius 2 is 1.91 bits per heavy atom. The monoisotopic (exact) mass is 468 g/mol. The lowest BCUT2D eigenvalue weighted by Gasteiger charge is -2.19. The Morgan fingerprint density at radius 1 is 1.15 bits per heavy atom. The lowest BCUT2D eigenvalue weighted by Crippen LogP contribution is -2.19. The fourth-order valence-corrected chi connectivity index (χ4v) is 4.98. The van der Waals surface area contributed by atoms with E-state index in [0.717, 1.165) is 29.7 Å². The molecule has 1 aliphatic rings. The summed E-state index contributed by atoms with van der Waals surface area (Å²) in [5, 5.41) is 2.70. The van der Waals surface area contributed by atoms with Crippen LogP contribution in [-0.4, -0.2) is 38.0 Å². The van der Waals surface area contributed by atoms with E-state index in [1.807, 2.05) is 32.0 Å². The van der Waals surface area contributed by atoms with Crippen LogP contribution in [0.1, 0.15) is 33.6 Å². The normalized spacial score (nSPS) is 12.9. The van der Waals surface area contributed by atoms with Crippen LogP contribution in [0, 0.1) is 13.8 Å². The third-order valence-corrected chi connectivity index (χ3v) is 6.65. The van der Waals surface area contributed by atoms with Crippen molar-refractivity contribution < 1.29 is 22.7 Å². The van der Waals surface area contributed by atoms with Crippen LogP contribution < -0.4 is 19.5 Å². The average molecular weight is 469 g/mol. The Kier molecular flexibility index (Phi) is 6.19. The van der Waals surface area contributed by atoms with Gasteiger partial charge in [-0.15, -0.1) is 0 Å². The van der Waals surface area contributed by atoms with Crippen LogP contribution in [0.4, 0.5) is 11.4 Å². The third kappa shape index (κ3) is 4.61. The topological polar surface area (TPSA) is 120 Å². The molecule has 10 heteroatoms. The molecule has 33 heavy (non-hydrogen) atoms. The van der Waals surface area contributed by atoms with Crippen molar-refractivity contribution in [2.24, 2.45) is 0 Å². The summed E-state index contributed by atoms with van der Waals surface area (Å²) in [4.78, 5) is 21.1. The molecule has 4 rings (SSSR count). The van der Waals surface area contributed by atoms with Crippen LogP contribution in [-0.2, 0) is 16.4 Å². The number of nitrogens with zero attached hydrogens (tertiary/aromatic N) is 2. The largest absolute Gasteiger partial charge is 0.491 e. The fraction of sp³-hybridized carbons (Fsp3) is 0.261. The number of carbonyl (C=O) groups is 1. The van der Waals surface area contributed by atoms with Crippen molar-refractivity contribution in [1.82, 2.24) is 9.97 Å². The predicted octanol–water partition coefficient (Wildman–Crippen LogP) is 3.48. The van der Waals surface area contributed by atoms with Gasteiger partial charge in [-0.2, -0.15) is 0 Å². The number of fused-ring (bicyclic) bond motifs is 1. The fourth-order valence-electron chi connectivity index (χ4n) is 3.63. The van der Waals surface area contributed by atoms with Crippen molar-refractivity contribution in [1.29, 1.82) is 0 Å². The number of para-hydroxylation sites is 1. The second kappa shape index (κ2) is 9.07. The van der Waals surface area contributed by atoms with Gasteiger partial charge in [0, 0.05) is 6.20 Å². The zero-order valence-corrected chi connectivity index (χ0v) is 19.3. The van der Waals surface area contributed by atoms with Crippen LogP contribution >= 0.6 is 0 Å². The first-order chi connectivity index (χ1) is 15.8. The van der Waals surface area contributed by atoms with Gasteiger partial charge in [-0.05, 0) is 49.9 Å². The number of ether oxygens (including phenoxy) is 2. The molecule has 0 aliphatic carbocycles. The molecule has 0 atom stereocenters. The van der Waals surface area contributed by atoms with Gasteiger partial charge in [0.15, 0.2) is 10.6 Å². The van der Waals surface area contributed by atoms with Gasteiger partial charge in [0.2, 0.25) is 5.88 Å². The SMILES string of the molecule is COc1ncc(NC(=O)c2ccnc3c2OCCC3)cc1S(=O)(=O)Nc1c(C)cccc1C. The zero-order valence-electron chi connectivity index (χ0n) is 18.5. The van der Waals surface area contributed by atoms with Crippen molar-refractivity contribution >= 4 is 27.3 Å². The molecular formula is C23H24N4O5S. The lowest BCUT2D eigenvalue weighted by atomic mass is 10.1. The van der Waals surface area contributed by atoms with Crippen LogP contribution in [0.3, 0.4) is 0 Å². The average Bonchev–Trinajstić information content (AvgIpc) is 2.81.